The lowest BCUT2D eigenvalue weighted by Crippen LogP contribution is -2.10. The fourth-order valence-corrected chi connectivity index (χ4v) is 1.64. The summed E-state index contributed by atoms with van der Waals surface area (Å²) in [5, 5.41) is 0. The van der Waals surface area contributed by atoms with Crippen LogP contribution in [0.5, 0.6) is 5.75 Å². The summed E-state index contributed by atoms with van der Waals surface area (Å²) < 4.78 is 5.44. The highest BCUT2D eigenvalue weighted by Crippen LogP contribution is 2.21. The van der Waals surface area contributed by atoms with Crippen molar-refractivity contribution in [2.24, 2.45) is 0 Å². The molecule has 0 spiro atoms. The number of rotatable bonds is 7. The molecule has 1 aromatic rings. The van der Waals surface area contributed by atoms with E-state index in [9.17, 15) is 4.79 Å². The molecule has 0 bridgehead atoms. The van der Waals surface area contributed by atoms with Crippen molar-refractivity contribution in [3.8, 4) is 5.75 Å². The number of hydrogen-bond donors (Lipinski definition) is 0. The largest absolute Gasteiger partial charge is 0.486 e. The van der Waals surface area contributed by atoms with E-state index in [2.05, 4.69) is 26.0 Å². The number of hydrogen-bond acceptors (Lipinski definition) is 2. The molecule has 1 unspecified atom stereocenters. The van der Waals surface area contributed by atoms with Crippen molar-refractivity contribution < 1.29 is 9.53 Å². The van der Waals surface area contributed by atoms with Gasteiger partial charge in [0, 0.05) is 6.42 Å². The molecule has 17 heavy (non-hydrogen) atoms. The van der Waals surface area contributed by atoms with Crippen LogP contribution in [0.2, 0.25) is 0 Å². The van der Waals surface area contributed by atoms with E-state index < -0.39 is 0 Å². The minimum Gasteiger partial charge on any atom is -0.486 e. The lowest BCUT2D eigenvalue weighted by molar-refractivity contribution is -0.121. The van der Waals surface area contributed by atoms with Gasteiger partial charge in [0.2, 0.25) is 0 Å². The molecule has 0 saturated heterocycles. The van der Waals surface area contributed by atoms with E-state index in [0.717, 1.165) is 18.6 Å². The van der Waals surface area contributed by atoms with Crippen LogP contribution in [0.15, 0.2) is 24.3 Å². The van der Waals surface area contributed by atoms with Crippen LogP contribution in [0.25, 0.3) is 0 Å². The first-order valence-electron chi connectivity index (χ1n) is 6.41. The lowest BCUT2D eigenvalue weighted by Gasteiger charge is -2.10. The maximum absolute atomic E-state index is 11.3. The molecule has 0 aliphatic heterocycles. The number of ether oxygens (including phenoxy) is 1. The first-order valence-corrected chi connectivity index (χ1v) is 6.41. The topological polar surface area (TPSA) is 26.3 Å². The van der Waals surface area contributed by atoms with Gasteiger partial charge in [-0.3, -0.25) is 4.79 Å². The van der Waals surface area contributed by atoms with Crippen LogP contribution in [0, 0.1) is 0 Å². The molecule has 0 radical (unpaired) electrons. The zero-order valence-electron chi connectivity index (χ0n) is 11.0. The van der Waals surface area contributed by atoms with E-state index >= 15 is 0 Å². The van der Waals surface area contributed by atoms with Gasteiger partial charge in [-0.25, -0.2) is 0 Å². The summed E-state index contributed by atoms with van der Waals surface area (Å²) in [6.07, 6.45) is 2.62. The highest BCUT2D eigenvalue weighted by Gasteiger charge is 2.04. The Labute approximate surface area is 104 Å². The Morgan fingerprint density at radius 1 is 1.24 bits per heavy atom. The summed E-state index contributed by atoms with van der Waals surface area (Å²) in [7, 11) is 0. The molecule has 0 saturated carbocycles. The van der Waals surface area contributed by atoms with E-state index in [4.69, 9.17) is 4.74 Å². The van der Waals surface area contributed by atoms with Gasteiger partial charge in [-0.2, -0.15) is 0 Å². The number of benzene rings is 1. The second-order valence-electron chi connectivity index (χ2n) is 4.46. The Balaban J connectivity index is 2.48. The van der Waals surface area contributed by atoms with E-state index in [1.165, 1.54) is 5.56 Å². The summed E-state index contributed by atoms with van der Waals surface area (Å²) in [6.45, 7) is 6.58. The zero-order chi connectivity index (χ0) is 12.7. The molecule has 0 aromatic heterocycles. The first-order chi connectivity index (χ1) is 8.17. The van der Waals surface area contributed by atoms with Crippen molar-refractivity contribution in [3.63, 3.8) is 0 Å². The summed E-state index contributed by atoms with van der Waals surface area (Å²) in [5.41, 5.74) is 1.32. The molecule has 2 nitrogen and oxygen atoms in total. The highest BCUT2D eigenvalue weighted by molar-refractivity contribution is 5.79. The second kappa shape index (κ2) is 7.10. The monoisotopic (exact) mass is 234 g/mol. The predicted molar refractivity (Wildman–Crippen MR) is 70.6 cm³/mol. The minimum absolute atomic E-state index is 0.165. The normalized spacial score (nSPS) is 12.2. The fourth-order valence-electron chi connectivity index (χ4n) is 1.64. The maximum atomic E-state index is 11.3. The van der Waals surface area contributed by atoms with Gasteiger partial charge in [0.25, 0.3) is 0 Å². The molecule has 94 valence electrons. The SMILES string of the molecule is CCCC(=O)COc1ccc(C(C)CC)cc1. The Morgan fingerprint density at radius 2 is 1.88 bits per heavy atom. The van der Waals surface area contributed by atoms with Gasteiger partial charge in [-0.1, -0.05) is 32.9 Å². The van der Waals surface area contributed by atoms with Crippen molar-refractivity contribution in [1.82, 2.24) is 0 Å². The minimum atomic E-state index is 0.165. The Hall–Kier alpha value is -1.31. The van der Waals surface area contributed by atoms with Gasteiger partial charge >= 0.3 is 0 Å². The molecule has 0 aliphatic rings. The van der Waals surface area contributed by atoms with Crippen LogP contribution < -0.4 is 4.74 Å². The molecule has 2 heteroatoms. The highest BCUT2D eigenvalue weighted by atomic mass is 16.5. The smallest absolute Gasteiger partial charge is 0.170 e. The molecule has 1 atom stereocenters. The number of carbonyl (C=O) groups excluding carboxylic acids is 1. The lowest BCUT2D eigenvalue weighted by atomic mass is 9.99. The quantitative estimate of drug-likeness (QED) is 0.714. The molecule has 0 heterocycles. The van der Waals surface area contributed by atoms with Gasteiger partial charge in [-0.05, 0) is 36.5 Å². The zero-order valence-corrected chi connectivity index (χ0v) is 11.0. The standard InChI is InChI=1S/C15H22O2/c1-4-6-14(16)11-17-15-9-7-13(8-10-15)12(3)5-2/h7-10,12H,4-6,11H2,1-3H3. The van der Waals surface area contributed by atoms with Gasteiger partial charge in [-0.15, -0.1) is 0 Å². The molecule has 0 N–H and O–H groups in total. The summed E-state index contributed by atoms with van der Waals surface area (Å²) >= 11 is 0. The summed E-state index contributed by atoms with van der Waals surface area (Å²) in [6, 6.07) is 8.04. The third-order valence-electron chi connectivity index (χ3n) is 2.99. The van der Waals surface area contributed by atoms with Crippen molar-refractivity contribution in [2.45, 2.75) is 46.0 Å². The molecule has 0 aliphatic carbocycles. The van der Waals surface area contributed by atoms with Crippen molar-refractivity contribution in [3.05, 3.63) is 29.8 Å². The molecular formula is C15H22O2. The predicted octanol–water partition coefficient (Wildman–Crippen LogP) is 3.95. The average molecular weight is 234 g/mol. The Bertz CT molecular complexity index is 340. The van der Waals surface area contributed by atoms with Crippen molar-refractivity contribution in [2.75, 3.05) is 6.61 Å². The average Bonchev–Trinajstić information content (AvgIpc) is 2.36. The summed E-state index contributed by atoms with van der Waals surface area (Å²) in [4.78, 5) is 11.3. The number of carbonyl (C=O) groups is 1. The Morgan fingerprint density at radius 3 is 2.41 bits per heavy atom. The molecule has 1 rings (SSSR count). The van der Waals surface area contributed by atoms with Crippen LogP contribution >= 0.6 is 0 Å². The van der Waals surface area contributed by atoms with Crippen LogP contribution in [0.3, 0.4) is 0 Å². The van der Waals surface area contributed by atoms with Gasteiger partial charge < -0.3 is 4.74 Å². The second-order valence-corrected chi connectivity index (χ2v) is 4.46. The van der Waals surface area contributed by atoms with Crippen LogP contribution in [0.1, 0.15) is 51.5 Å². The van der Waals surface area contributed by atoms with E-state index in [1.54, 1.807) is 0 Å². The van der Waals surface area contributed by atoms with E-state index in [-0.39, 0.29) is 12.4 Å². The number of ketones is 1. The molecule has 1 aromatic carbocycles. The van der Waals surface area contributed by atoms with E-state index in [0.29, 0.717) is 12.3 Å². The summed E-state index contributed by atoms with van der Waals surface area (Å²) in [5.74, 6) is 1.52. The van der Waals surface area contributed by atoms with Crippen molar-refractivity contribution in [1.29, 1.82) is 0 Å². The maximum Gasteiger partial charge on any atom is 0.170 e. The molecular weight excluding hydrogens is 212 g/mol. The molecule has 0 amide bonds. The van der Waals surface area contributed by atoms with Crippen LogP contribution in [0.4, 0.5) is 0 Å². The number of Topliss-reactive ketones (excluding diaryl/α,β-unsaturated/α-hetero) is 1. The van der Waals surface area contributed by atoms with Gasteiger partial charge in [0.05, 0.1) is 0 Å². The third-order valence-corrected chi connectivity index (χ3v) is 2.99. The van der Waals surface area contributed by atoms with Gasteiger partial charge in [0.1, 0.15) is 12.4 Å². The first kappa shape index (κ1) is 13.8. The van der Waals surface area contributed by atoms with Gasteiger partial charge in [0.15, 0.2) is 5.78 Å². The van der Waals surface area contributed by atoms with Crippen molar-refractivity contribution >= 4 is 5.78 Å². The van der Waals surface area contributed by atoms with Crippen LogP contribution in [-0.4, -0.2) is 12.4 Å². The van der Waals surface area contributed by atoms with E-state index in [1.807, 2.05) is 19.1 Å². The van der Waals surface area contributed by atoms with Crippen LogP contribution in [-0.2, 0) is 4.79 Å². The third kappa shape index (κ3) is 4.59. The fraction of sp³-hybridized carbons (Fsp3) is 0.533. The molecule has 0 fully saturated rings. The Kier molecular flexibility index (Phi) is 5.75.